The zero-order valence-electron chi connectivity index (χ0n) is 13.2. The highest BCUT2D eigenvalue weighted by Crippen LogP contribution is 2.28. The molecule has 1 aromatic rings. The van der Waals surface area contributed by atoms with E-state index in [2.05, 4.69) is 16.0 Å². The zero-order valence-corrected chi connectivity index (χ0v) is 13.2. The molecule has 0 unspecified atom stereocenters. The molecular formula is C17H23N3O3. The molecule has 1 fully saturated rings. The largest absolute Gasteiger partial charge is 0.491 e. The van der Waals surface area contributed by atoms with Crippen molar-refractivity contribution in [2.24, 2.45) is 0 Å². The molecule has 3 amide bonds. The first-order valence-corrected chi connectivity index (χ1v) is 8.30. The lowest BCUT2D eigenvalue weighted by atomic mass is 9.96. The van der Waals surface area contributed by atoms with Gasteiger partial charge in [-0.1, -0.05) is 25.3 Å². The Balaban J connectivity index is 1.53. The molecule has 3 rings (SSSR count). The molecule has 0 spiro atoms. The Bertz CT molecular complexity index is 582. The van der Waals surface area contributed by atoms with Gasteiger partial charge in [0.25, 0.3) is 0 Å². The Morgan fingerprint density at radius 3 is 2.91 bits per heavy atom. The van der Waals surface area contributed by atoms with Gasteiger partial charge in [0.2, 0.25) is 5.91 Å². The number of ether oxygens (including phenoxy) is 1. The van der Waals surface area contributed by atoms with Crippen LogP contribution in [0.1, 0.15) is 44.1 Å². The second kappa shape index (κ2) is 7.35. The molecule has 124 valence electrons. The van der Waals surface area contributed by atoms with Gasteiger partial charge in [0.05, 0.1) is 18.7 Å². The smallest absolute Gasteiger partial charge is 0.315 e. The number of benzene rings is 1. The number of nitrogens with one attached hydrogen (secondary N) is 3. The first kappa shape index (κ1) is 15.6. The van der Waals surface area contributed by atoms with Gasteiger partial charge in [-0.2, -0.15) is 0 Å². The van der Waals surface area contributed by atoms with Crippen LogP contribution < -0.4 is 20.7 Å². The Morgan fingerprint density at radius 1 is 1.26 bits per heavy atom. The molecule has 1 aromatic carbocycles. The van der Waals surface area contributed by atoms with Gasteiger partial charge in [0, 0.05) is 12.6 Å². The quantitative estimate of drug-likeness (QED) is 0.801. The van der Waals surface area contributed by atoms with Gasteiger partial charge >= 0.3 is 6.03 Å². The summed E-state index contributed by atoms with van der Waals surface area (Å²) in [6, 6.07) is 5.74. The van der Waals surface area contributed by atoms with E-state index in [1.165, 1.54) is 19.3 Å². The number of anilines is 1. The van der Waals surface area contributed by atoms with Gasteiger partial charge in [0.15, 0.2) is 0 Å². The summed E-state index contributed by atoms with van der Waals surface area (Å²) in [7, 11) is 0. The van der Waals surface area contributed by atoms with E-state index in [9.17, 15) is 9.59 Å². The number of fused-ring (bicyclic) bond motifs is 1. The van der Waals surface area contributed by atoms with Crippen LogP contribution >= 0.6 is 0 Å². The van der Waals surface area contributed by atoms with Crippen LogP contribution in [0.5, 0.6) is 5.75 Å². The van der Waals surface area contributed by atoms with Gasteiger partial charge in [-0.25, -0.2) is 4.79 Å². The van der Waals surface area contributed by atoms with Crippen LogP contribution in [0.15, 0.2) is 18.2 Å². The molecule has 0 atom stereocenters. The van der Waals surface area contributed by atoms with Crippen molar-refractivity contribution in [1.82, 2.24) is 10.6 Å². The van der Waals surface area contributed by atoms with Gasteiger partial charge in [-0.05, 0) is 30.5 Å². The van der Waals surface area contributed by atoms with Crippen molar-refractivity contribution in [3.63, 3.8) is 0 Å². The molecule has 1 aliphatic carbocycles. The number of carbonyl (C=O) groups excluding carboxylic acids is 2. The molecule has 0 radical (unpaired) electrons. The highest BCUT2D eigenvalue weighted by molar-refractivity contribution is 5.93. The minimum absolute atomic E-state index is 0.0519. The highest BCUT2D eigenvalue weighted by atomic mass is 16.5. The van der Waals surface area contributed by atoms with Crippen LogP contribution in [0.2, 0.25) is 0 Å². The maximum Gasteiger partial charge on any atom is 0.315 e. The van der Waals surface area contributed by atoms with Gasteiger partial charge in [-0.3, -0.25) is 4.79 Å². The van der Waals surface area contributed by atoms with Crippen molar-refractivity contribution in [3.05, 3.63) is 23.8 Å². The fourth-order valence-electron chi connectivity index (χ4n) is 3.04. The normalized spacial score (nSPS) is 18.2. The topological polar surface area (TPSA) is 79.5 Å². The minimum Gasteiger partial charge on any atom is -0.491 e. The number of hydrogen-bond acceptors (Lipinski definition) is 3. The molecule has 2 aliphatic rings. The fourth-order valence-corrected chi connectivity index (χ4v) is 3.04. The van der Waals surface area contributed by atoms with Crippen LogP contribution in [0.3, 0.4) is 0 Å². The first-order chi connectivity index (χ1) is 11.2. The maximum atomic E-state index is 12.0. The number of urea groups is 1. The van der Waals surface area contributed by atoms with Crippen LogP contribution in [-0.2, 0) is 11.3 Å². The number of rotatable bonds is 3. The molecule has 0 bridgehead atoms. The Hall–Kier alpha value is -2.24. The summed E-state index contributed by atoms with van der Waals surface area (Å²) >= 11 is 0. The van der Waals surface area contributed by atoms with Gasteiger partial charge < -0.3 is 20.7 Å². The van der Waals surface area contributed by atoms with E-state index in [0.29, 0.717) is 37.1 Å². The van der Waals surface area contributed by atoms with Crippen LogP contribution in [0.25, 0.3) is 0 Å². The third-order valence-corrected chi connectivity index (χ3v) is 4.30. The van der Waals surface area contributed by atoms with Crippen molar-refractivity contribution in [1.29, 1.82) is 0 Å². The molecule has 6 nitrogen and oxygen atoms in total. The molecule has 0 aromatic heterocycles. The summed E-state index contributed by atoms with van der Waals surface area (Å²) in [5.74, 6) is 0.621. The van der Waals surface area contributed by atoms with E-state index < -0.39 is 0 Å². The number of carbonyl (C=O) groups is 2. The van der Waals surface area contributed by atoms with Gasteiger partial charge in [-0.15, -0.1) is 0 Å². The van der Waals surface area contributed by atoms with Crippen molar-refractivity contribution in [2.45, 2.75) is 51.1 Å². The van der Waals surface area contributed by atoms with E-state index >= 15 is 0 Å². The minimum atomic E-state index is -0.132. The van der Waals surface area contributed by atoms with Crippen molar-refractivity contribution < 1.29 is 14.3 Å². The monoisotopic (exact) mass is 317 g/mol. The summed E-state index contributed by atoms with van der Waals surface area (Å²) in [6.45, 7) is 0.807. The molecule has 23 heavy (non-hydrogen) atoms. The third kappa shape index (κ3) is 4.37. The summed E-state index contributed by atoms with van der Waals surface area (Å²) in [5, 5.41) is 8.72. The van der Waals surface area contributed by atoms with Crippen LogP contribution in [-0.4, -0.2) is 24.6 Å². The molecule has 0 saturated heterocycles. The van der Waals surface area contributed by atoms with Crippen molar-refractivity contribution in [2.75, 3.05) is 11.9 Å². The molecule has 1 saturated carbocycles. The standard InChI is InChI=1S/C17H23N3O3/c21-16-8-9-23-15-7-6-12(10-14(15)20-16)11-18-17(22)19-13-4-2-1-3-5-13/h6-7,10,13H,1-5,8-9,11H2,(H,20,21)(H2,18,19,22). The van der Waals surface area contributed by atoms with Crippen LogP contribution in [0.4, 0.5) is 10.5 Å². The van der Waals surface area contributed by atoms with Crippen molar-refractivity contribution in [3.8, 4) is 5.75 Å². The van der Waals surface area contributed by atoms with Crippen molar-refractivity contribution >= 4 is 17.6 Å². The molecule has 1 aliphatic heterocycles. The third-order valence-electron chi connectivity index (χ3n) is 4.30. The predicted octanol–water partition coefficient (Wildman–Crippen LogP) is 2.54. The molecule has 1 heterocycles. The zero-order chi connectivity index (χ0) is 16.1. The van der Waals surface area contributed by atoms with E-state index in [1.54, 1.807) is 0 Å². The Morgan fingerprint density at radius 2 is 2.09 bits per heavy atom. The summed E-state index contributed by atoms with van der Waals surface area (Å²) in [6.07, 6.45) is 6.13. The lowest BCUT2D eigenvalue weighted by Crippen LogP contribution is -2.42. The van der Waals surface area contributed by atoms with Gasteiger partial charge in [0.1, 0.15) is 5.75 Å². The average Bonchev–Trinajstić information content (AvgIpc) is 2.74. The fraction of sp³-hybridized carbons (Fsp3) is 0.529. The maximum absolute atomic E-state index is 12.0. The Kier molecular flexibility index (Phi) is 5.00. The Labute approximate surface area is 136 Å². The lowest BCUT2D eigenvalue weighted by Gasteiger charge is -2.22. The second-order valence-corrected chi connectivity index (χ2v) is 6.14. The lowest BCUT2D eigenvalue weighted by molar-refractivity contribution is -0.116. The average molecular weight is 317 g/mol. The number of hydrogen-bond donors (Lipinski definition) is 3. The predicted molar refractivity (Wildman–Crippen MR) is 87.4 cm³/mol. The molecule has 3 N–H and O–H groups in total. The first-order valence-electron chi connectivity index (χ1n) is 8.30. The summed E-state index contributed by atoms with van der Waals surface area (Å²) in [4.78, 5) is 23.5. The molecule has 6 heteroatoms. The van der Waals surface area contributed by atoms with E-state index in [-0.39, 0.29) is 11.9 Å². The summed E-state index contributed by atoms with van der Waals surface area (Å²) < 4.78 is 5.52. The molecular weight excluding hydrogens is 294 g/mol. The number of amides is 3. The van der Waals surface area contributed by atoms with E-state index in [4.69, 9.17) is 4.74 Å². The summed E-state index contributed by atoms with van der Waals surface area (Å²) in [5.41, 5.74) is 1.59. The van der Waals surface area contributed by atoms with Crippen LogP contribution in [0, 0.1) is 0 Å². The second-order valence-electron chi connectivity index (χ2n) is 6.14. The van der Waals surface area contributed by atoms with E-state index in [0.717, 1.165) is 18.4 Å². The highest BCUT2D eigenvalue weighted by Gasteiger charge is 2.16. The SMILES string of the molecule is O=C1CCOc2ccc(CNC(=O)NC3CCCCC3)cc2N1. The van der Waals surface area contributed by atoms with E-state index in [1.807, 2.05) is 18.2 Å².